The molecule has 3 nitrogen and oxygen atoms in total. The summed E-state index contributed by atoms with van der Waals surface area (Å²) in [5.41, 5.74) is 6.95. The Labute approximate surface area is 113 Å². The van der Waals surface area contributed by atoms with Gasteiger partial charge in [0.15, 0.2) is 0 Å². The third-order valence-corrected chi connectivity index (χ3v) is 3.10. The number of benzene rings is 1. The Kier molecular flexibility index (Phi) is 3.93. The Hall–Kier alpha value is -1.46. The van der Waals surface area contributed by atoms with E-state index < -0.39 is 6.04 Å². The molecule has 0 radical (unpaired) electrons. The summed E-state index contributed by atoms with van der Waals surface area (Å²) in [6, 6.07) is 7.47. The number of halogens is 2. The van der Waals surface area contributed by atoms with Gasteiger partial charge in [0.1, 0.15) is 17.3 Å². The minimum absolute atomic E-state index is 0.363. The number of nitrogens with zero attached hydrogens (tertiary/aromatic N) is 1. The van der Waals surface area contributed by atoms with Crippen LogP contribution in [0.25, 0.3) is 0 Å². The fraction of sp³-hybridized carbons (Fsp3) is 0.154. The Bertz CT molecular complexity index is 562. The average molecular weight is 311 g/mol. The van der Waals surface area contributed by atoms with Crippen LogP contribution in [0.2, 0.25) is 0 Å². The highest BCUT2D eigenvalue weighted by Crippen LogP contribution is 2.29. The molecule has 1 atom stereocenters. The second-order valence-electron chi connectivity index (χ2n) is 3.73. The molecule has 94 valence electrons. The first-order valence-electron chi connectivity index (χ1n) is 5.33. The van der Waals surface area contributed by atoms with E-state index in [0.717, 1.165) is 4.47 Å². The minimum atomic E-state index is -0.668. The third kappa shape index (κ3) is 2.52. The molecule has 0 amide bonds. The molecule has 0 saturated heterocycles. The molecule has 1 aromatic carbocycles. The van der Waals surface area contributed by atoms with Gasteiger partial charge in [-0.15, -0.1) is 0 Å². The number of aromatic nitrogens is 1. The number of pyridine rings is 1. The maximum absolute atomic E-state index is 13.8. The van der Waals surface area contributed by atoms with Gasteiger partial charge in [0.25, 0.3) is 0 Å². The molecule has 0 fully saturated rings. The van der Waals surface area contributed by atoms with E-state index in [4.69, 9.17) is 10.5 Å². The van der Waals surface area contributed by atoms with Crippen LogP contribution < -0.4 is 10.5 Å². The Balaban J connectivity index is 2.47. The van der Waals surface area contributed by atoms with E-state index in [2.05, 4.69) is 20.9 Å². The molecular formula is C13H12BrFN2O. The highest BCUT2D eigenvalue weighted by molar-refractivity contribution is 9.10. The predicted molar refractivity (Wildman–Crippen MR) is 70.9 cm³/mol. The third-order valence-electron chi connectivity index (χ3n) is 2.61. The van der Waals surface area contributed by atoms with Gasteiger partial charge >= 0.3 is 0 Å². The lowest BCUT2D eigenvalue weighted by Crippen LogP contribution is -2.16. The summed E-state index contributed by atoms with van der Waals surface area (Å²) in [6.45, 7) is 0. The molecule has 5 heteroatoms. The number of nitrogens with two attached hydrogens (primary N) is 1. The molecule has 18 heavy (non-hydrogen) atoms. The van der Waals surface area contributed by atoms with Crippen molar-refractivity contribution in [3.05, 3.63) is 58.1 Å². The van der Waals surface area contributed by atoms with E-state index in [0.29, 0.717) is 17.0 Å². The van der Waals surface area contributed by atoms with Crippen molar-refractivity contribution in [3.63, 3.8) is 0 Å². The Morgan fingerprint density at radius 1 is 1.39 bits per heavy atom. The highest BCUT2D eigenvalue weighted by atomic mass is 79.9. The van der Waals surface area contributed by atoms with E-state index in [1.165, 1.54) is 13.2 Å². The highest BCUT2D eigenvalue weighted by Gasteiger charge is 2.18. The average Bonchev–Trinajstić information content (AvgIpc) is 2.40. The van der Waals surface area contributed by atoms with E-state index in [9.17, 15) is 4.39 Å². The molecule has 1 heterocycles. The SMILES string of the molecule is COc1cccnc1C(N)c1cc(Br)ccc1F. The molecular weight excluding hydrogens is 299 g/mol. The fourth-order valence-corrected chi connectivity index (χ4v) is 2.09. The molecule has 1 aromatic heterocycles. The largest absolute Gasteiger partial charge is 0.495 e. The number of hydrogen-bond acceptors (Lipinski definition) is 3. The van der Waals surface area contributed by atoms with E-state index in [1.54, 1.807) is 30.5 Å². The maximum atomic E-state index is 13.8. The lowest BCUT2D eigenvalue weighted by molar-refractivity contribution is 0.404. The fourth-order valence-electron chi connectivity index (χ4n) is 1.71. The number of ether oxygens (including phenoxy) is 1. The van der Waals surface area contributed by atoms with Gasteiger partial charge in [0, 0.05) is 16.2 Å². The van der Waals surface area contributed by atoms with Crippen molar-refractivity contribution in [3.8, 4) is 5.75 Å². The van der Waals surface area contributed by atoms with Crippen LogP contribution in [-0.2, 0) is 0 Å². The van der Waals surface area contributed by atoms with Crippen LogP contribution in [0, 0.1) is 5.82 Å². The van der Waals surface area contributed by atoms with Gasteiger partial charge in [-0.25, -0.2) is 4.39 Å². The number of hydrogen-bond donors (Lipinski definition) is 1. The standard InChI is InChI=1S/C13H12BrFN2O/c1-18-11-3-2-6-17-13(11)12(16)9-7-8(14)4-5-10(9)15/h2-7,12H,16H2,1H3. The van der Waals surface area contributed by atoms with Gasteiger partial charge in [-0.1, -0.05) is 15.9 Å². The van der Waals surface area contributed by atoms with E-state index in [1.807, 2.05) is 0 Å². The van der Waals surface area contributed by atoms with Crippen molar-refractivity contribution in [2.24, 2.45) is 5.73 Å². The summed E-state index contributed by atoms with van der Waals surface area (Å²) in [4.78, 5) is 4.16. The molecule has 0 aliphatic heterocycles. The first-order valence-corrected chi connectivity index (χ1v) is 6.12. The molecule has 2 N–H and O–H groups in total. The van der Waals surface area contributed by atoms with Crippen molar-refractivity contribution in [1.82, 2.24) is 4.98 Å². The van der Waals surface area contributed by atoms with Crippen molar-refractivity contribution in [2.45, 2.75) is 6.04 Å². The quantitative estimate of drug-likeness (QED) is 0.948. The first-order chi connectivity index (χ1) is 8.63. The smallest absolute Gasteiger partial charge is 0.142 e. The lowest BCUT2D eigenvalue weighted by Gasteiger charge is -2.15. The molecule has 0 aliphatic rings. The maximum Gasteiger partial charge on any atom is 0.142 e. The number of rotatable bonds is 3. The van der Waals surface area contributed by atoms with Crippen LogP contribution in [0.1, 0.15) is 17.3 Å². The van der Waals surface area contributed by atoms with Crippen LogP contribution in [0.3, 0.4) is 0 Å². The zero-order valence-corrected chi connectivity index (χ0v) is 11.3. The second kappa shape index (κ2) is 5.46. The molecule has 1 unspecified atom stereocenters. The van der Waals surface area contributed by atoms with Gasteiger partial charge < -0.3 is 10.5 Å². The summed E-state index contributed by atoms with van der Waals surface area (Å²) in [5, 5.41) is 0. The molecule has 2 aromatic rings. The Morgan fingerprint density at radius 3 is 2.89 bits per heavy atom. The normalized spacial score (nSPS) is 12.2. The zero-order valence-electron chi connectivity index (χ0n) is 9.73. The number of methoxy groups -OCH3 is 1. The van der Waals surface area contributed by atoms with Crippen molar-refractivity contribution >= 4 is 15.9 Å². The summed E-state index contributed by atoms with van der Waals surface area (Å²) < 4.78 is 19.7. The van der Waals surface area contributed by atoms with Gasteiger partial charge in [0.2, 0.25) is 0 Å². The molecule has 0 aliphatic carbocycles. The molecule has 0 saturated carbocycles. The van der Waals surface area contributed by atoms with E-state index >= 15 is 0 Å². The van der Waals surface area contributed by atoms with Crippen LogP contribution in [0.5, 0.6) is 5.75 Å². The van der Waals surface area contributed by atoms with Gasteiger partial charge in [-0.2, -0.15) is 0 Å². The monoisotopic (exact) mass is 310 g/mol. The first kappa shape index (κ1) is 13.0. The second-order valence-corrected chi connectivity index (χ2v) is 4.65. The summed E-state index contributed by atoms with van der Waals surface area (Å²) in [5.74, 6) is 0.183. The minimum Gasteiger partial charge on any atom is -0.495 e. The zero-order chi connectivity index (χ0) is 13.1. The van der Waals surface area contributed by atoms with Crippen molar-refractivity contribution in [1.29, 1.82) is 0 Å². The lowest BCUT2D eigenvalue weighted by atomic mass is 10.0. The van der Waals surface area contributed by atoms with Crippen LogP contribution in [0.15, 0.2) is 41.0 Å². The summed E-state index contributed by atoms with van der Waals surface area (Å²) in [7, 11) is 1.53. The van der Waals surface area contributed by atoms with E-state index in [-0.39, 0.29) is 5.82 Å². The van der Waals surface area contributed by atoms with Crippen LogP contribution in [0.4, 0.5) is 4.39 Å². The van der Waals surface area contributed by atoms with Crippen LogP contribution >= 0.6 is 15.9 Å². The topological polar surface area (TPSA) is 48.1 Å². The predicted octanol–water partition coefficient (Wildman–Crippen LogP) is 3.04. The van der Waals surface area contributed by atoms with Crippen LogP contribution in [-0.4, -0.2) is 12.1 Å². The van der Waals surface area contributed by atoms with Crippen molar-refractivity contribution in [2.75, 3.05) is 7.11 Å². The summed E-state index contributed by atoms with van der Waals surface area (Å²) >= 11 is 3.30. The molecule has 2 rings (SSSR count). The van der Waals surface area contributed by atoms with Gasteiger partial charge in [-0.05, 0) is 30.3 Å². The summed E-state index contributed by atoms with van der Waals surface area (Å²) in [6.07, 6.45) is 1.60. The van der Waals surface area contributed by atoms with Gasteiger partial charge in [0.05, 0.1) is 13.2 Å². The molecule has 0 bridgehead atoms. The van der Waals surface area contributed by atoms with Crippen molar-refractivity contribution < 1.29 is 9.13 Å². The Morgan fingerprint density at radius 2 is 2.17 bits per heavy atom. The molecule has 0 spiro atoms. The van der Waals surface area contributed by atoms with Gasteiger partial charge in [-0.3, -0.25) is 4.98 Å².